The quantitative estimate of drug-likeness (QED) is 0.521. The van der Waals surface area contributed by atoms with E-state index in [0.717, 1.165) is 25.1 Å². The summed E-state index contributed by atoms with van der Waals surface area (Å²) in [6.07, 6.45) is 1.09. The van der Waals surface area contributed by atoms with Crippen LogP contribution in [0.5, 0.6) is 0 Å². The Morgan fingerprint density at radius 1 is 0.935 bits per heavy atom. The van der Waals surface area contributed by atoms with Crippen molar-refractivity contribution < 1.29 is 9.90 Å². The van der Waals surface area contributed by atoms with Crippen molar-refractivity contribution in [3.8, 4) is 11.4 Å². The second kappa shape index (κ2) is 8.02. The predicted molar refractivity (Wildman–Crippen MR) is 117 cm³/mol. The Hall–Kier alpha value is -4.00. The minimum Gasteiger partial charge on any atom is -0.478 e. The maximum Gasteiger partial charge on any atom is 0.336 e. The third-order valence-corrected chi connectivity index (χ3v) is 5.58. The molecule has 0 amide bonds. The molecule has 0 unspecified atom stereocenters. The fourth-order valence-electron chi connectivity index (χ4n) is 4.00. The van der Waals surface area contributed by atoms with Gasteiger partial charge in [-0.15, -0.1) is 10.2 Å². The highest BCUT2D eigenvalue weighted by Gasteiger charge is 2.18. The number of carbonyl (C=O) groups is 1. The van der Waals surface area contributed by atoms with E-state index < -0.39 is 5.97 Å². The molecular weight excluding hydrogens is 390 g/mol. The number of aromatic nitrogens is 4. The fourth-order valence-corrected chi connectivity index (χ4v) is 4.00. The molecule has 7 nitrogen and oxygen atoms in total. The average Bonchev–Trinajstić information content (AvgIpc) is 3.42. The Bertz CT molecular complexity index is 1230. The maximum absolute atomic E-state index is 11.4. The number of hydrogen-bond acceptors (Lipinski definition) is 5. The van der Waals surface area contributed by atoms with Gasteiger partial charge in [-0.3, -0.25) is 0 Å². The molecule has 31 heavy (non-hydrogen) atoms. The Balaban J connectivity index is 1.29. The van der Waals surface area contributed by atoms with Crippen molar-refractivity contribution >= 4 is 11.7 Å². The zero-order valence-electron chi connectivity index (χ0n) is 16.8. The third-order valence-electron chi connectivity index (χ3n) is 5.58. The fraction of sp³-hybridized carbons (Fsp3) is 0.167. The van der Waals surface area contributed by atoms with Gasteiger partial charge in [0, 0.05) is 24.3 Å². The van der Waals surface area contributed by atoms with Crippen LogP contribution in [0.2, 0.25) is 0 Å². The summed E-state index contributed by atoms with van der Waals surface area (Å²) >= 11 is 0. The van der Waals surface area contributed by atoms with Crippen LogP contribution in [0.1, 0.15) is 27.0 Å². The standard InChI is InChI=1S/C24H21N5O2/c30-24(31)21-7-3-1-6-20(21)16-29-26-23(25-27-29)19-11-9-17(10-12-19)15-28-14-13-18-5-2-4-8-22(18)28/h1-12H,13-16H2,(H,30,31). The lowest BCUT2D eigenvalue weighted by molar-refractivity contribution is 0.0695. The van der Waals surface area contributed by atoms with Crippen LogP contribution in [-0.4, -0.2) is 37.8 Å². The maximum atomic E-state index is 11.4. The number of para-hydroxylation sites is 1. The van der Waals surface area contributed by atoms with Crippen molar-refractivity contribution in [2.75, 3.05) is 11.4 Å². The van der Waals surface area contributed by atoms with Gasteiger partial charge >= 0.3 is 5.97 Å². The molecule has 0 atom stereocenters. The number of anilines is 1. The summed E-state index contributed by atoms with van der Waals surface area (Å²) in [7, 11) is 0. The number of benzene rings is 3. The summed E-state index contributed by atoms with van der Waals surface area (Å²) in [5.74, 6) is -0.446. The molecule has 154 valence electrons. The largest absolute Gasteiger partial charge is 0.478 e. The van der Waals surface area contributed by atoms with Crippen LogP contribution < -0.4 is 4.90 Å². The first-order chi connectivity index (χ1) is 15.2. The molecule has 0 fully saturated rings. The number of aromatic carboxylic acids is 1. The molecule has 2 heterocycles. The van der Waals surface area contributed by atoms with Gasteiger partial charge in [-0.2, -0.15) is 4.80 Å². The normalized spacial score (nSPS) is 12.7. The predicted octanol–water partition coefficient (Wildman–Crippen LogP) is 3.65. The van der Waals surface area contributed by atoms with Crippen molar-refractivity contribution in [3.63, 3.8) is 0 Å². The van der Waals surface area contributed by atoms with E-state index in [1.54, 1.807) is 24.3 Å². The number of carboxylic acids is 1. The number of fused-ring (bicyclic) bond motifs is 1. The lowest BCUT2D eigenvalue weighted by atomic mass is 10.1. The van der Waals surface area contributed by atoms with Crippen LogP contribution in [-0.2, 0) is 19.5 Å². The summed E-state index contributed by atoms with van der Waals surface area (Å²) in [6, 6.07) is 23.6. The highest BCUT2D eigenvalue weighted by Crippen LogP contribution is 2.29. The molecule has 0 saturated heterocycles. The SMILES string of the molecule is O=C(O)c1ccccc1Cn1nnc(-c2ccc(CN3CCc4ccccc43)cc2)n1. The second-order valence-electron chi connectivity index (χ2n) is 7.60. The van der Waals surface area contributed by atoms with E-state index in [4.69, 9.17) is 0 Å². The van der Waals surface area contributed by atoms with Crippen LogP contribution in [0.3, 0.4) is 0 Å². The van der Waals surface area contributed by atoms with Crippen LogP contribution in [0.25, 0.3) is 11.4 Å². The van der Waals surface area contributed by atoms with Gasteiger partial charge in [-0.25, -0.2) is 4.79 Å². The average molecular weight is 411 g/mol. The van der Waals surface area contributed by atoms with E-state index in [0.29, 0.717) is 11.4 Å². The molecular formula is C24H21N5O2. The van der Waals surface area contributed by atoms with Crippen molar-refractivity contribution in [1.82, 2.24) is 20.2 Å². The second-order valence-corrected chi connectivity index (χ2v) is 7.60. The summed E-state index contributed by atoms with van der Waals surface area (Å²) in [5, 5.41) is 22.0. The zero-order chi connectivity index (χ0) is 21.2. The van der Waals surface area contributed by atoms with Crippen molar-refractivity contribution in [2.24, 2.45) is 0 Å². The Morgan fingerprint density at radius 3 is 2.55 bits per heavy atom. The highest BCUT2D eigenvalue weighted by atomic mass is 16.4. The number of tetrazole rings is 1. The highest BCUT2D eigenvalue weighted by molar-refractivity contribution is 5.89. The molecule has 7 heteroatoms. The van der Waals surface area contributed by atoms with Crippen LogP contribution in [0.4, 0.5) is 5.69 Å². The first-order valence-electron chi connectivity index (χ1n) is 10.2. The van der Waals surface area contributed by atoms with Crippen LogP contribution >= 0.6 is 0 Å². The summed E-state index contributed by atoms with van der Waals surface area (Å²) in [6.45, 7) is 2.15. The molecule has 0 saturated carbocycles. The molecule has 4 aromatic rings. The van der Waals surface area contributed by atoms with Crippen molar-refractivity contribution in [3.05, 3.63) is 95.1 Å². The van der Waals surface area contributed by atoms with E-state index in [-0.39, 0.29) is 12.1 Å². The van der Waals surface area contributed by atoms with Gasteiger partial charge in [0.1, 0.15) is 0 Å². The van der Waals surface area contributed by atoms with Gasteiger partial charge in [-0.1, -0.05) is 60.7 Å². The van der Waals surface area contributed by atoms with E-state index in [2.05, 4.69) is 56.7 Å². The van der Waals surface area contributed by atoms with Gasteiger partial charge in [0.05, 0.1) is 12.1 Å². The van der Waals surface area contributed by atoms with Gasteiger partial charge in [0.15, 0.2) is 0 Å². The lowest BCUT2D eigenvalue weighted by Gasteiger charge is -2.19. The minimum absolute atomic E-state index is 0.245. The van der Waals surface area contributed by atoms with Crippen molar-refractivity contribution in [2.45, 2.75) is 19.5 Å². The molecule has 0 aliphatic carbocycles. The number of hydrogen-bond donors (Lipinski definition) is 1. The Labute approximate surface area is 179 Å². The number of carboxylic acid groups (broad SMARTS) is 1. The monoisotopic (exact) mass is 411 g/mol. The van der Waals surface area contributed by atoms with Gasteiger partial charge < -0.3 is 10.0 Å². The molecule has 1 aliphatic rings. The van der Waals surface area contributed by atoms with Gasteiger partial charge in [-0.05, 0) is 40.5 Å². The first kappa shape index (κ1) is 19.0. The topological polar surface area (TPSA) is 84.1 Å². The lowest BCUT2D eigenvalue weighted by Crippen LogP contribution is -2.19. The summed E-state index contributed by atoms with van der Waals surface area (Å²) < 4.78 is 0. The molecule has 1 N–H and O–H groups in total. The third kappa shape index (κ3) is 3.90. The molecule has 1 aliphatic heterocycles. The first-order valence-corrected chi connectivity index (χ1v) is 10.2. The zero-order valence-corrected chi connectivity index (χ0v) is 16.8. The van der Waals surface area contributed by atoms with E-state index in [1.807, 2.05) is 12.1 Å². The number of nitrogens with zero attached hydrogens (tertiary/aromatic N) is 5. The molecule has 5 rings (SSSR count). The Kier molecular flexibility index (Phi) is 4.92. The molecule has 0 bridgehead atoms. The van der Waals surface area contributed by atoms with Crippen molar-refractivity contribution in [1.29, 1.82) is 0 Å². The molecule has 0 spiro atoms. The summed E-state index contributed by atoms with van der Waals surface area (Å²) in [5.41, 5.74) is 5.71. The minimum atomic E-state index is -0.966. The smallest absolute Gasteiger partial charge is 0.336 e. The van der Waals surface area contributed by atoms with Gasteiger partial charge in [0.25, 0.3) is 0 Å². The molecule has 1 aromatic heterocycles. The van der Waals surface area contributed by atoms with E-state index >= 15 is 0 Å². The molecule has 0 radical (unpaired) electrons. The van der Waals surface area contributed by atoms with Crippen LogP contribution in [0.15, 0.2) is 72.8 Å². The molecule has 3 aromatic carbocycles. The van der Waals surface area contributed by atoms with E-state index in [1.165, 1.54) is 21.6 Å². The summed E-state index contributed by atoms with van der Waals surface area (Å²) in [4.78, 5) is 15.2. The Morgan fingerprint density at radius 2 is 1.71 bits per heavy atom. The van der Waals surface area contributed by atoms with E-state index in [9.17, 15) is 9.90 Å². The van der Waals surface area contributed by atoms with Gasteiger partial charge in [0.2, 0.25) is 5.82 Å². The van der Waals surface area contributed by atoms with Crippen LogP contribution in [0, 0.1) is 0 Å². The number of rotatable bonds is 6.